The number of nitrogens with zero attached hydrogens (tertiary/aromatic N) is 3. The number of aromatic nitrogens is 2. The van der Waals surface area contributed by atoms with Gasteiger partial charge in [-0.05, 0) is 30.9 Å². The summed E-state index contributed by atoms with van der Waals surface area (Å²) >= 11 is 0. The van der Waals surface area contributed by atoms with E-state index in [1.165, 1.54) is 5.56 Å². The Morgan fingerprint density at radius 1 is 1.03 bits per heavy atom. The first kappa shape index (κ1) is 20.4. The van der Waals surface area contributed by atoms with E-state index in [1.54, 1.807) is 14.2 Å². The second-order valence-corrected chi connectivity index (χ2v) is 7.78. The third-order valence-electron chi connectivity index (χ3n) is 5.86. The molecule has 0 atom stereocenters. The highest BCUT2D eigenvalue weighted by Gasteiger charge is 2.22. The average Bonchev–Trinajstić information content (AvgIpc) is 2.80. The van der Waals surface area contributed by atoms with Crippen molar-refractivity contribution in [3.05, 3.63) is 53.7 Å². The number of aryl methyl sites for hydroxylation is 1. The van der Waals surface area contributed by atoms with Gasteiger partial charge in [-0.2, -0.15) is 5.10 Å². The zero-order valence-corrected chi connectivity index (χ0v) is 18.0. The molecule has 1 saturated heterocycles. The molecule has 1 aliphatic heterocycles. The lowest BCUT2D eigenvalue weighted by Gasteiger charge is -2.32. The summed E-state index contributed by atoms with van der Waals surface area (Å²) in [6, 6.07) is 15.0. The van der Waals surface area contributed by atoms with Crippen molar-refractivity contribution in [1.29, 1.82) is 0 Å². The van der Waals surface area contributed by atoms with E-state index >= 15 is 0 Å². The van der Waals surface area contributed by atoms with Crippen LogP contribution in [0.4, 0.5) is 5.82 Å². The lowest BCUT2D eigenvalue weighted by molar-refractivity contribution is 0.211. The standard InChI is InChI=1S/C24H30N4O2/c1-4-21-23-20(14-19(29-2)15-22(23)30-3)24(27-26-21)25-18-10-12-28(13-11-18)16-17-8-6-5-7-9-17/h5-9,14-15,18H,4,10-13,16H2,1-3H3,(H,25,27). The van der Waals surface area contributed by atoms with Crippen LogP contribution < -0.4 is 14.8 Å². The fraction of sp³-hybridized carbons (Fsp3) is 0.417. The minimum atomic E-state index is 0.374. The molecule has 0 amide bonds. The van der Waals surface area contributed by atoms with E-state index in [2.05, 4.69) is 57.7 Å². The van der Waals surface area contributed by atoms with Crippen LogP contribution in [0.5, 0.6) is 11.5 Å². The molecule has 0 unspecified atom stereocenters. The van der Waals surface area contributed by atoms with E-state index in [0.29, 0.717) is 6.04 Å². The first-order valence-corrected chi connectivity index (χ1v) is 10.7. The Morgan fingerprint density at radius 2 is 1.80 bits per heavy atom. The van der Waals surface area contributed by atoms with E-state index < -0.39 is 0 Å². The number of nitrogens with one attached hydrogen (secondary N) is 1. The third-order valence-corrected chi connectivity index (χ3v) is 5.86. The summed E-state index contributed by atoms with van der Waals surface area (Å²) in [6.07, 6.45) is 2.95. The largest absolute Gasteiger partial charge is 0.497 e. The number of anilines is 1. The molecule has 4 rings (SSSR count). The van der Waals surface area contributed by atoms with E-state index in [-0.39, 0.29) is 0 Å². The molecule has 0 bridgehead atoms. The van der Waals surface area contributed by atoms with Gasteiger partial charge in [-0.3, -0.25) is 4.90 Å². The number of methoxy groups -OCH3 is 2. The maximum atomic E-state index is 5.65. The molecular weight excluding hydrogens is 376 g/mol. The molecular formula is C24H30N4O2. The van der Waals surface area contributed by atoms with Gasteiger partial charge in [0, 0.05) is 37.1 Å². The summed E-state index contributed by atoms with van der Waals surface area (Å²) in [7, 11) is 3.36. The molecule has 6 nitrogen and oxygen atoms in total. The number of hydrogen-bond donors (Lipinski definition) is 1. The van der Waals surface area contributed by atoms with E-state index in [9.17, 15) is 0 Å². The van der Waals surface area contributed by atoms with Crippen molar-refractivity contribution >= 4 is 16.6 Å². The predicted octanol–water partition coefficient (Wildman–Crippen LogP) is 4.29. The molecule has 1 aromatic heterocycles. The summed E-state index contributed by atoms with van der Waals surface area (Å²) in [5, 5.41) is 14.7. The fourth-order valence-electron chi connectivity index (χ4n) is 4.19. The number of piperidine rings is 1. The number of rotatable bonds is 7. The first-order chi connectivity index (χ1) is 14.7. The first-order valence-electron chi connectivity index (χ1n) is 10.7. The Hall–Kier alpha value is -2.86. The van der Waals surface area contributed by atoms with Crippen LogP contribution >= 0.6 is 0 Å². The zero-order valence-electron chi connectivity index (χ0n) is 18.0. The highest BCUT2D eigenvalue weighted by molar-refractivity contribution is 5.98. The van der Waals surface area contributed by atoms with Crippen molar-refractivity contribution in [3.8, 4) is 11.5 Å². The molecule has 2 heterocycles. The van der Waals surface area contributed by atoms with Gasteiger partial charge in [0.1, 0.15) is 11.5 Å². The van der Waals surface area contributed by atoms with Crippen molar-refractivity contribution in [1.82, 2.24) is 15.1 Å². The number of ether oxygens (including phenoxy) is 2. The normalized spacial score (nSPS) is 15.3. The monoisotopic (exact) mass is 406 g/mol. The van der Waals surface area contributed by atoms with Gasteiger partial charge in [0.15, 0.2) is 5.82 Å². The Labute approximate surface area is 178 Å². The van der Waals surface area contributed by atoms with E-state index in [1.807, 2.05) is 12.1 Å². The molecule has 1 fully saturated rings. The van der Waals surface area contributed by atoms with E-state index in [4.69, 9.17) is 9.47 Å². The van der Waals surface area contributed by atoms with Crippen LogP contribution in [0.1, 0.15) is 31.0 Å². The van der Waals surface area contributed by atoms with Crippen LogP contribution in [0.25, 0.3) is 10.8 Å². The number of benzene rings is 2. The highest BCUT2D eigenvalue weighted by atomic mass is 16.5. The van der Waals surface area contributed by atoms with Gasteiger partial charge in [0.2, 0.25) is 0 Å². The Bertz CT molecular complexity index is 985. The van der Waals surface area contributed by atoms with Crippen LogP contribution in [0, 0.1) is 0 Å². The van der Waals surface area contributed by atoms with Gasteiger partial charge in [0.25, 0.3) is 0 Å². The highest BCUT2D eigenvalue weighted by Crippen LogP contribution is 2.36. The van der Waals surface area contributed by atoms with Gasteiger partial charge in [-0.15, -0.1) is 5.10 Å². The average molecular weight is 407 g/mol. The van der Waals surface area contributed by atoms with E-state index in [0.717, 1.165) is 72.7 Å². The quantitative estimate of drug-likeness (QED) is 0.632. The number of hydrogen-bond acceptors (Lipinski definition) is 6. The summed E-state index contributed by atoms with van der Waals surface area (Å²) in [4.78, 5) is 2.52. The molecule has 6 heteroatoms. The Morgan fingerprint density at radius 3 is 2.47 bits per heavy atom. The van der Waals surface area contributed by atoms with Gasteiger partial charge in [-0.25, -0.2) is 0 Å². The van der Waals surface area contributed by atoms with Crippen molar-refractivity contribution in [2.45, 2.75) is 38.8 Å². The van der Waals surface area contributed by atoms with Crippen LogP contribution in [0.3, 0.4) is 0 Å². The Kier molecular flexibility index (Phi) is 6.33. The maximum Gasteiger partial charge on any atom is 0.157 e. The summed E-state index contributed by atoms with van der Waals surface area (Å²) < 4.78 is 11.1. The topological polar surface area (TPSA) is 59.5 Å². The Balaban J connectivity index is 1.52. The summed E-state index contributed by atoms with van der Waals surface area (Å²) in [5.74, 6) is 2.34. The molecule has 0 spiro atoms. The summed E-state index contributed by atoms with van der Waals surface area (Å²) in [5.41, 5.74) is 2.31. The van der Waals surface area contributed by atoms with Gasteiger partial charge < -0.3 is 14.8 Å². The van der Waals surface area contributed by atoms with Gasteiger partial charge >= 0.3 is 0 Å². The lowest BCUT2D eigenvalue weighted by atomic mass is 10.0. The minimum absolute atomic E-state index is 0.374. The second kappa shape index (κ2) is 9.30. The summed E-state index contributed by atoms with van der Waals surface area (Å²) in [6.45, 7) is 5.23. The van der Waals surface area contributed by atoms with Crippen LogP contribution in [0.15, 0.2) is 42.5 Å². The molecule has 0 radical (unpaired) electrons. The third kappa shape index (κ3) is 4.33. The smallest absolute Gasteiger partial charge is 0.157 e. The lowest BCUT2D eigenvalue weighted by Crippen LogP contribution is -2.38. The van der Waals surface area contributed by atoms with Crippen LogP contribution in [-0.2, 0) is 13.0 Å². The van der Waals surface area contributed by atoms with Crippen molar-refractivity contribution in [2.75, 3.05) is 32.6 Å². The number of likely N-dealkylation sites (tertiary alicyclic amines) is 1. The maximum absolute atomic E-state index is 5.65. The molecule has 30 heavy (non-hydrogen) atoms. The fourth-order valence-corrected chi connectivity index (χ4v) is 4.19. The SMILES string of the molecule is CCc1nnc(NC2CCN(Cc3ccccc3)CC2)c2cc(OC)cc(OC)c12. The van der Waals surface area contributed by atoms with Gasteiger partial charge in [-0.1, -0.05) is 37.3 Å². The zero-order chi connectivity index (χ0) is 20.9. The molecule has 1 aliphatic rings. The minimum Gasteiger partial charge on any atom is -0.497 e. The molecule has 0 saturated carbocycles. The predicted molar refractivity (Wildman–Crippen MR) is 120 cm³/mol. The molecule has 2 aromatic carbocycles. The second-order valence-electron chi connectivity index (χ2n) is 7.78. The van der Waals surface area contributed by atoms with Crippen LogP contribution in [-0.4, -0.2) is 48.4 Å². The van der Waals surface area contributed by atoms with Gasteiger partial charge in [0.05, 0.1) is 25.3 Å². The van der Waals surface area contributed by atoms with Crippen molar-refractivity contribution in [2.24, 2.45) is 0 Å². The molecule has 0 aliphatic carbocycles. The molecule has 1 N–H and O–H groups in total. The van der Waals surface area contributed by atoms with Crippen molar-refractivity contribution < 1.29 is 9.47 Å². The number of fused-ring (bicyclic) bond motifs is 1. The van der Waals surface area contributed by atoms with Crippen molar-refractivity contribution in [3.63, 3.8) is 0 Å². The molecule has 158 valence electrons. The molecule has 3 aromatic rings. The van der Waals surface area contributed by atoms with Crippen LogP contribution in [0.2, 0.25) is 0 Å².